The first-order valence-electron chi connectivity index (χ1n) is 4.75. The summed E-state index contributed by atoms with van der Waals surface area (Å²) in [6.45, 7) is 3.03. The van der Waals surface area contributed by atoms with Gasteiger partial charge in [-0.3, -0.25) is 4.79 Å². The number of carbonyl (C=O) groups excluding carboxylic acids is 1. The monoisotopic (exact) mass is 207 g/mol. The van der Waals surface area contributed by atoms with Gasteiger partial charge in [0.1, 0.15) is 0 Å². The van der Waals surface area contributed by atoms with Crippen LogP contribution in [0, 0.1) is 0 Å². The summed E-state index contributed by atoms with van der Waals surface area (Å²) >= 11 is 0. The first-order valence-corrected chi connectivity index (χ1v) is 4.75. The Bertz CT molecular complexity index is 392. The van der Waals surface area contributed by atoms with E-state index in [1.54, 1.807) is 19.1 Å². The second-order valence-electron chi connectivity index (χ2n) is 3.83. The Kier molecular flexibility index (Phi) is 2.06. The molecule has 2 N–H and O–H groups in total. The molecule has 1 heterocycles. The molecule has 0 aliphatic carbocycles. The van der Waals surface area contributed by atoms with Gasteiger partial charge < -0.3 is 15.2 Å². The maximum Gasteiger partial charge on any atom is 0.244 e. The zero-order valence-electron chi connectivity index (χ0n) is 8.65. The van der Waals surface area contributed by atoms with E-state index in [9.17, 15) is 9.90 Å². The van der Waals surface area contributed by atoms with E-state index in [-0.39, 0.29) is 5.91 Å². The first kappa shape index (κ1) is 10.1. The van der Waals surface area contributed by atoms with Crippen LogP contribution < -0.4 is 5.32 Å². The molecule has 1 fully saturated rings. The number of carbonyl (C=O) groups is 1. The molecular formula is C11H13NO3. The van der Waals surface area contributed by atoms with Crippen LogP contribution in [0.4, 0.5) is 0 Å². The highest BCUT2D eigenvalue weighted by Gasteiger charge is 2.68. The lowest BCUT2D eigenvalue weighted by atomic mass is 10.0. The second-order valence-corrected chi connectivity index (χ2v) is 3.83. The van der Waals surface area contributed by atoms with Crippen LogP contribution >= 0.6 is 0 Å². The number of aliphatic hydroxyl groups is 1. The number of nitrogens with one attached hydrogen (secondary N) is 1. The van der Waals surface area contributed by atoms with Crippen molar-refractivity contribution in [3.8, 4) is 0 Å². The van der Waals surface area contributed by atoms with Gasteiger partial charge in [-0.2, -0.15) is 0 Å². The number of hydrogen-bond acceptors (Lipinski definition) is 3. The van der Waals surface area contributed by atoms with E-state index >= 15 is 0 Å². The highest BCUT2D eigenvalue weighted by Crippen LogP contribution is 2.51. The van der Waals surface area contributed by atoms with E-state index in [0.29, 0.717) is 5.56 Å². The number of ether oxygens (including phenoxy) is 1. The molecule has 1 saturated heterocycles. The Labute approximate surface area is 87.9 Å². The molecule has 0 spiro atoms. The summed E-state index contributed by atoms with van der Waals surface area (Å²) in [5.41, 5.74) is -0.374. The second kappa shape index (κ2) is 3.05. The molecule has 1 amide bonds. The first-order chi connectivity index (χ1) is 6.98. The molecule has 0 unspecified atom stereocenters. The third kappa shape index (κ3) is 1.52. The lowest BCUT2D eigenvalue weighted by molar-refractivity contribution is -0.120. The van der Waals surface area contributed by atoms with Crippen LogP contribution in [0.15, 0.2) is 30.3 Å². The fraction of sp³-hybridized carbons (Fsp3) is 0.364. The van der Waals surface area contributed by atoms with Crippen molar-refractivity contribution in [3.63, 3.8) is 0 Å². The quantitative estimate of drug-likeness (QED) is 0.702. The third-order valence-corrected chi connectivity index (χ3v) is 2.54. The molecule has 0 radical (unpaired) electrons. The normalized spacial score (nSPS) is 33.5. The fourth-order valence-electron chi connectivity index (χ4n) is 1.71. The number of rotatable bonds is 2. The van der Waals surface area contributed by atoms with Gasteiger partial charge in [-0.05, 0) is 6.92 Å². The van der Waals surface area contributed by atoms with E-state index in [0.717, 1.165) is 0 Å². The van der Waals surface area contributed by atoms with Gasteiger partial charge in [-0.1, -0.05) is 30.3 Å². The lowest BCUT2D eigenvalue weighted by Crippen LogP contribution is -2.39. The van der Waals surface area contributed by atoms with E-state index in [1.165, 1.54) is 6.92 Å². The number of benzene rings is 1. The van der Waals surface area contributed by atoms with Crippen molar-refractivity contribution >= 4 is 5.91 Å². The van der Waals surface area contributed by atoms with Crippen LogP contribution in [0.3, 0.4) is 0 Å². The molecule has 2 rings (SSSR count). The predicted octanol–water partition coefficient (Wildman–Crippen LogP) is 0.714. The van der Waals surface area contributed by atoms with Crippen molar-refractivity contribution in [1.82, 2.24) is 5.32 Å². The molecule has 1 aliphatic heterocycles. The van der Waals surface area contributed by atoms with Gasteiger partial charge in [-0.25, -0.2) is 0 Å². The zero-order valence-corrected chi connectivity index (χ0v) is 8.65. The van der Waals surface area contributed by atoms with Crippen molar-refractivity contribution in [3.05, 3.63) is 35.9 Å². The van der Waals surface area contributed by atoms with Crippen LogP contribution in [0.25, 0.3) is 0 Å². The fourth-order valence-corrected chi connectivity index (χ4v) is 1.71. The Morgan fingerprint density at radius 3 is 2.53 bits per heavy atom. The van der Waals surface area contributed by atoms with Gasteiger partial charge >= 0.3 is 0 Å². The van der Waals surface area contributed by atoms with Crippen molar-refractivity contribution in [1.29, 1.82) is 0 Å². The molecule has 4 heteroatoms. The summed E-state index contributed by atoms with van der Waals surface area (Å²) in [5, 5.41) is 12.7. The number of epoxide rings is 1. The van der Waals surface area contributed by atoms with Crippen LogP contribution in [0.1, 0.15) is 19.4 Å². The smallest absolute Gasteiger partial charge is 0.244 e. The van der Waals surface area contributed by atoms with E-state index in [4.69, 9.17) is 4.74 Å². The molecule has 1 aromatic rings. The average Bonchev–Trinajstić information content (AvgIpc) is 2.70. The predicted molar refractivity (Wildman–Crippen MR) is 53.6 cm³/mol. The van der Waals surface area contributed by atoms with Gasteiger partial charge in [0, 0.05) is 12.5 Å². The Balaban J connectivity index is 2.23. The maximum atomic E-state index is 10.9. The summed E-state index contributed by atoms with van der Waals surface area (Å²) in [7, 11) is 0. The summed E-state index contributed by atoms with van der Waals surface area (Å²) in [5.74, 6) is -1.63. The van der Waals surface area contributed by atoms with E-state index < -0.39 is 11.5 Å². The lowest BCUT2D eigenvalue weighted by Gasteiger charge is -2.11. The summed E-state index contributed by atoms with van der Waals surface area (Å²) in [6, 6.07) is 8.98. The van der Waals surface area contributed by atoms with Crippen molar-refractivity contribution < 1.29 is 14.6 Å². The van der Waals surface area contributed by atoms with Gasteiger partial charge in [0.25, 0.3) is 0 Å². The topological polar surface area (TPSA) is 61.9 Å². The molecular weight excluding hydrogens is 194 g/mol. The van der Waals surface area contributed by atoms with Gasteiger partial charge in [-0.15, -0.1) is 0 Å². The Hall–Kier alpha value is -1.39. The van der Waals surface area contributed by atoms with Gasteiger partial charge in [0.15, 0.2) is 0 Å². The zero-order chi connectivity index (χ0) is 11.1. The van der Waals surface area contributed by atoms with Crippen LogP contribution in [-0.2, 0) is 15.3 Å². The number of hydrogen-bond donors (Lipinski definition) is 2. The molecule has 1 aliphatic rings. The van der Waals surface area contributed by atoms with Gasteiger partial charge in [0.2, 0.25) is 17.4 Å². The highest BCUT2D eigenvalue weighted by molar-refractivity contribution is 5.74. The largest absolute Gasteiger partial charge is 0.358 e. The average molecular weight is 207 g/mol. The minimum Gasteiger partial charge on any atom is -0.358 e. The van der Waals surface area contributed by atoms with Crippen LogP contribution in [-0.4, -0.2) is 16.7 Å². The van der Waals surface area contributed by atoms with Crippen LogP contribution in [0.2, 0.25) is 0 Å². The molecule has 0 aromatic heterocycles. The maximum absolute atomic E-state index is 10.9. The standard InChI is InChI=1S/C11H13NO3/c1-8(13)12-10(2)11(14,15-10)9-6-4-3-5-7-9/h3-7,14H,1-2H3,(H,12,13)/t10-,11+/m1/s1. The van der Waals surface area contributed by atoms with Crippen molar-refractivity contribution in [2.75, 3.05) is 0 Å². The van der Waals surface area contributed by atoms with Gasteiger partial charge in [0.05, 0.1) is 0 Å². The van der Waals surface area contributed by atoms with Crippen molar-refractivity contribution in [2.24, 2.45) is 0 Å². The molecule has 0 bridgehead atoms. The van der Waals surface area contributed by atoms with Crippen LogP contribution in [0.5, 0.6) is 0 Å². The third-order valence-electron chi connectivity index (χ3n) is 2.54. The molecule has 1 aromatic carbocycles. The Morgan fingerprint density at radius 2 is 2.00 bits per heavy atom. The van der Waals surface area contributed by atoms with E-state index in [2.05, 4.69) is 5.32 Å². The molecule has 4 nitrogen and oxygen atoms in total. The summed E-state index contributed by atoms with van der Waals surface area (Å²) in [4.78, 5) is 10.9. The molecule has 15 heavy (non-hydrogen) atoms. The SMILES string of the molecule is CC(=O)N[C@]1(C)O[C@@]1(O)c1ccccc1. The summed E-state index contributed by atoms with van der Waals surface area (Å²) in [6.07, 6.45) is 0. The molecule has 0 saturated carbocycles. The van der Waals surface area contributed by atoms with Crippen molar-refractivity contribution in [2.45, 2.75) is 25.4 Å². The molecule has 80 valence electrons. The molecule has 2 atom stereocenters. The Morgan fingerprint density at radius 1 is 1.40 bits per heavy atom. The minimum atomic E-state index is -1.40. The van der Waals surface area contributed by atoms with E-state index in [1.807, 2.05) is 18.2 Å². The number of amides is 1. The summed E-state index contributed by atoms with van der Waals surface area (Å²) < 4.78 is 5.21. The minimum absolute atomic E-state index is 0.232. The highest BCUT2D eigenvalue weighted by atomic mass is 16.8.